The number of benzene rings is 1. The summed E-state index contributed by atoms with van der Waals surface area (Å²) in [5.74, 6) is 3.33. The zero-order valence-corrected chi connectivity index (χ0v) is 31.9. The van der Waals surface area contributed by atoms with Crippen molar-refractivity contribution in [2.24, 2.45) is 16.8 Å². The normalized spacial score (nSPS) is 15.0. The van der Waals surface area contributed by atoms with Crippen molar-refractivity contribution in [1.82, 2.24) is 15.5 Å². The number of hydrogen-bond donors (Lipinski definition) is 2. The van der Waals surface area contributed by atoms with Gasteiger partial charge in [0.05, 0.1) is 11.4 Å². The summed E-state index contributed by atoms with van der Waals surface area (Å²) in [6.07, 6.45) is 9.28. The number of amides is 1. The van der Waals surface area contributed by atoms with E-state index in [0.29, 0.717) is 19.0 Å². The van der Waals surface area contributed by atoms with Crippen molar-refractivity contribution in [3.8, 4) is 0 Å². The van der Waals surface area contributed by atoms with Crippen molar-refractivity contribution in [3.63, 3.8) is 0 Å². The highest BCUT2D eigenvalue weighted by molar-refractivity contribution is 7.10. The van der Waals surface area contributed by atoms with E-state index in [1.54, 1.807) is 4.88 Å². The molecule has 0 bridgehead atoms. The molecule has 2 aromatic rings. The van der Waals surface area contributed by atoms with Gasteiger partial charge in [-0.3, -0.25) is 9.79 Å². The number of aryl methyl sites for hydroxylation is 1. The lowest BCUT2D eigenvalue weighted by Crippen LogP contribution is -2.35. The van der Waals surface area contributed by atoms with Crippen LogP contribution in [0.15, 0.2) is 69.7 Å². The quantitative estimate of drug-likeness (QED) is 0.0823. The molecule has 6 heteroatoms. The molecular weight excluding hydrogens is 585 g/mol. The first-order valence-corrected chi connectivity index (χ1v) is 18.7. The van der Waals surface area contributed by atoms with Crippen LogP contribution in [0.2, 0.25) is 0 Å². The molecule has 1 fully saturated rings. The van der Waals surface area contributed by atoms with Gasteiger partial charge in [0.2, 0.25) is 0 Å². The van der Waals surface area contributed by atoms with Crippen LogP contribution in [-0.2, 0) is 11.3 Å². The molecule has 2 atom stereocenters. The van der Waals surface area contributed by atoms with E-state index in [9.17, 15) is 4.79 Å². The van der Waals surface area contributed by atoms with E-state index in [2.05, 4.69) is 92.0 Å². The van der Waals surface area contributed by atoms with E-state index in [1.165, 1.54) is 30.4 Å². The minimum atomic E-state index is 0.0750. The number of amidine groups is 1. The molecule has 3 rings (SSSR count). The van der Waals surface area contributed by atoms with Crippen molar-refractivity contribution in [3.05, 3.63) is 80.7 Å². The van der Waals surface area contributed by atoms with Gasteiger partial charge < -0.3 is 15.5 Å². The molecule has 1 amide bonds. The Bertz CT molecular complexity index is 1190. The molecular formula is C40H66N4OS. The maximum Gasteiger partial charge on any atom is 0.255 e. The van der Waals surface area contributed by atoms with Gasteiger partial charge in [-0.05, 0) is 121 Å². The summed E-state index contributed by atoms with van der Waals surface area (Å²) in [7, 11) is 2.04. The number of carbonyl (C=O) groups excluding carboxylic acids is 1. The summed E-state index contributed by atoms with van der Waals surface area (Å²) in [6, 6.07) is 12.9. The number of nitrogens with zero attached hydrogens (tertiary/aromatic N) is 2. The third-order valence-corrected chi connectivity index (χ3v) is 9.53. The standard InChI is InChI=1S/C27H43N3O.C11H17NS.C2H6/c1-9-20(4)16-17-30(19-25-14-12-22(6)13-15-25)27(31)26(18-21(5)10-2)23(7)29-24(8)28-11-3;1-12-7-6-10(9-4-5-9)11-3-2-8-13-11;1-2/h12-15,18,20H,9-11,16-17,19H2,1-8H3,(H,28,29);2-3,8-10,12H,4-7H2,1H3;1-2H3/b21-18-,26-23+;;. The summed E-state index contributed by atoms with van der Waals surface area (Å²) >= 11 is 1.92. The largest absolute Gasteiger partial charge is 0.347 e. The predicted molar refractivity (Wildman–Crippen MR) is 204 cm³/mol. The molecule has 0 radical (unpaired) electrons. The van der Waals surface area contributed by atoms with Gasteiger partial charge in [0, 0.05) is 30.2 Å². The molecule has 2 N–H and O–H groups in total. The van der Waals surface area contributed by atoms with Gasteiger partial charge in [-0.25, -0.2) is 0 Å². The fourth-order valence-electron chi connectivity index (χ4n) is 5.12. The van der Waals surface area contributed by atoms with Gasteiger partial charge in [-0.15, -0.1) is 11.3 Å². The second-order valence-corrected chi connectivity index (χ2v) is 13.4. The maximum absolute atomic E-state index is 13.8. The lowest BCUT2D eigenvalue weighted by Gasteiger charge is -2.26. The van der Waals surface area contributed by atoms with Crippen LogP contribution < -0.4 is 10.6 Å². The number of hydrogen-bond acceptors (Lipinski definition) is 4. The molecule has 0 aliphatic heterocycles. The van der Waals surface area contributed by atoms with Crippen molar-refractivity contribution in [2.75, 3.05) is 26.7 Å². The van der Waals surface area contributed by atoms with E-state index < -0.39 is 0 Å². The highest BCUT2D eigenvalue weighted by atomic mass is 32.1. The zero-order valence-electron chi connectivity index (χ0n) is 31.1. The van der Waals surface area contributed by atoms with Crippen molar-refractivity contribution in [1.29, 1.82) is 0 Å². The highest BCUT2D eigenvalue weighted by Crippen LogP contribution is 2.45. The average molecular weight is 651 g/mol. The first-order valence-electron chi connectivity index (χ1n) is 17.8. The monoisotopic (exact) mass is 650 g/mol. The Morgan fingerprint density at radius 1 is 1.07 bits per heavy atom. The van der Waals surface area contributed by atoms with Crippen molar-refractivity contribution >= 4 is 23.1 Å². The van der Waals surface area contributed by atoms with Gasteiger partial charge in [0.25, 0.3) is 5.91 Å². The molecule has 46 heavy (non-hydrogen) atoms. The number of allylic oxidation sites excluding steroid dienone is 2. The number of thiophene rings is 1. The Balaban J connectivity index is 0.000000578. The van der Waals surface area contributed by atoms with Gasteiger partial charge in [-0.1, -0.05) is 82.5 Å². The lowest BCUT2D eigenvalue weighted by atomic mass is 9.98. The minimum absolute atomic E-state index is 0.0750. The molecule has 1 aromatic carbocycles. The molecule has 0 spiro atoms. The number of carbonyl (C=O) groups is 1. The Kier molecular flexibility index (Phi) is 21.2. The van der Waals surface area contributed by atoms with Crippen LogP contribution in [0.1, 0.15) is 123 Å². The van der Waals surface area contributed by atoms with Crippen molar-refractivity contribution < 1.29 is 4.79 Å². The molecule has 1 aliphatic rings. The Hall–Kier alpha value is -2.70. The van der Waals surface area contributed by atoms with Crippen LogP contribution in [0.4, 0.5) is 0 Å². The summed E-state index contributed by atoms with van der Waals surface area (Å²) in [4.78, 5) is 21.8. The number of aliphatic imine (C=N–C) groups is 1. The van der Waals surface area contributed by atoms with Crippen molar-refractivity contribution in [2.45, 2.75) is 120 Å². The molecule has 2 unspecified atom stereocenters. The van der Waals surface area contributed by atoms with Gasteiger partial charge in [-0.2, -0.15) is 0 Å². The number of nitrogens with one attached hydrogen (secondary N) is 2. The molecule has 1 saturated carbocycles. The van der Waals surface area contributed by atoms with Crippen LogP contribution >= 0.6 is 11.3 Å². The van der Waals surface area contributed by atoms with E-state index in [4.69, 9.17) is 0 Å². The highest BCUT2D eigenvalue weighted by Gasteiger charge is 2.32. The van der Waals surface area contributed by atoms with Gasteiger partial charge in [0.15, 0.2) is 0 Å². The average Bonchev–Trinajstić information content (AvgIpc) is 3.76. The van der Waals surface area contributed by atoms with Crippen LogP contribution in [-0.4, -0.2) is 43.3 Å². The SMILES string of the molecule is CC.CCN=C(C)N/C(C)=C(\C=C(\C)CC)C(=O)N(CCC(C)CC)Cc1ccc(C)cc1.CNCCC(c1cccs1)C1CC1. The second kappa shape index (κ2) is 23.6. The van der Waals surface area contributed by atoms with Crippen LogP contribution in [0.5, 0.6) is 0 Å². The van der Waals surface area contributed by atoms with E-state index >= 15 is 0 Å². The second-order valence-electron chi connectivity index (χ2n) is 12.4. The topological polar surface area (TPSA) is 56.7 Å². The number of rotatable bonds is 16. The molecule has 1 aromatic heterocycles. The van der Waals surface area contributed by atoms with Crippen LogP contribution in [0, 0.1) is 18.8 Å². The maximum atomic E-state index is 13.8. The summed E-state index contributed by atoms with van der Waals surface area (Å²) < 4.78 is 0. The van der Waals surface area contributed by atoms with Crippen LogP contribution in [0.25, 0.3) is 0 Å². The van der Waals surface area contributed by atoms with E-state index in [1.807, 2.05) is 64.0 Å². The summed E-state index contributed by atoms with van der Waals surface area (Å²) in [6.45, 7) is 23.9. The Morgan fingerprint density at radius 2 is 1.74 bits per heavy atom. The summed E-state index contributed by atoms with van der Waals surface area (Å²) in [5, 5.41) is 8.78. The fourth-order valence-corrected chi connectivity index (χ4v) is 6.08. The molecule has 258 valence electrons. The first-order chi connectivity index (χ1) is 22.1. The Morgan fingerprint density at radius 3 is 2.26 bits per heavy atom. The third-order valence-electron chi connectivity index (χ3n) is 8.52. The molecule has 5 nitrogen and oxygen atoms in total. The van der Waals surface area contributed by atoms with E-state index in [0.717, 1.165) is 66.9 Å². The fraction of sp³-hybridized carbons (Fsp3) is 0.600. The minimum Gasteiger partial charge on any atom is -0.347 e. The van der Waals surface area contributed by atoms with E-state index in [-0.39, 0.29) is 5.91 Å². The smallest absolute Gasteiger partial charge is 0.255 e. The van der Waals surface area contributed by atoms with Gasteiger partial charge in [0.1, 0.15) is 0 Å². The zero-order chi connectivity index (χ0) is 34.5. The van der Waals surface area contributed by atoms with Crippen LogP contribution in [0.3, 0.4) is 0 Å². The lowest BCUT2D eigenvalue weighted by molar-refractivity contribution is -0.127. The summed E-state index contributed by atoms with van der Waals surface area (Å²) in [5.41, 5.74) is 5.15. The van der Waals surface area contributed by atoms with Gasteiger partial charge >= 0.3 is 0 Å². The first kappa shape index (κ1) is 41.3. The molecule has 0 saturated heterocycles. The predicted octanol–water partition coefficient (Wildman–Crippen LogP) is 10.3. The molecule has 1 aliphatic carbocycles. The Labute approximate surface area is 287 Å². The molecule has 1 heterocycles. The third kappa shape index (κ3) is 15.7.